The van der Waals surface area contributed by atoms with Crippen molar-refractivity contribution in [3.63, 3.8) is 0 Å². The Morgan fingerprint density at radius 1 is 0.300 bits per heavy atom. The zero-order valence-electron chi connectivity index (χ0n) is 46.3. The van der Waals surface area contributed by atoms with Crippen LogP contribution < -0.4 is 0 Å². The lowest BCUT2D eigenvalue weighted by molar-refractivity contribution is -0.167. The van der Waals surface area contributed by atoms with Gasteiger partial charge in [-0.05, 0) is 89.9 Å². The van der Waals surface area contributed by atoms with Crippen molar-refractivity contribution in [2.45, 2.75) is 303 Å². The zero-order valence-corrected chi connectivity index (χ0v) is 46.3. The molecule has 0 fully saturated rings. The third kappa shape index (κ3) is 55.8. The Morgan fingerprint density at radius 3 is 0.900 bits per heavy atom. The summed E-state index contributed by atoms with van der Waals surface area (Å²) in [7, 11) is 0. The van der Waals surface area contributed by atoms with Gasteiger partial charge in [0.15, 0.2) is 6.10 Å². The van der Waals surface area contributed by atoms with E-state index < -0.39 is 6.10 Å². The van der Waals surface area contributed by atoms with Crippen LogP contribution in [0.25, 0.3) is 0 Å². The summed E-state index contributed by atoms with van der Waals surface area (Å²) in [5.74, 6) is -0.916. The Balaban J connectivity index is 4.43. The van der Waals surface area contributed by atoms with Crippen molar-refractivity contribution < 1.29 is 28.6 Å². The number of hydrogen-bond donors (Lipinski definition) is 0. The first-order valence-electron chi connectivity index (χ1n) is 29.9. The van der Waals surface area contributed by atoms with E-state index in [1.807, 2.05) is 0 Å². The van der Waals surface area contributed by atoms with Gasteiger partial charge in [0.05, 0.1) is 0 Å². The molecule has 6 nitrogen and oxygen atoms in total. The van der Waals surface area contributed by atoms with Crippen LogP contribution in [0, 0.1) is 0 Å². The molecule has 0 aliphatic rings. The second-order valence-electron chi connectivity index (χ2n) is 19.9. The van der Waals surface area contributed by atoms with Crippen LogP contribution in [0.3, 0.4) is 0 Å². The van der Waals surface area contributed by atoms with Crippen LogP contribution in [-0.2, 0) is 28.6 Å². The molecule has 0 bridgehead atoms. The average molecular weight is 978 g/mol. The molecule has 0 aromatic heterocycles. The van der Waals surface area contributed by atoms with Crippen molar-refractivity contribution in [2.75, 3.05) is 13.2 Å². The van der Waals surface area contributed by atoms with E-state index in [-0.39, 0.29) is 31.1 Å². The van der Waals surface area contributed by atoms with E-state index >= 15 is 0 Å². The summed E-state index contributed by atoms with van der Waals surface area (Å²) < 4.78 is 16.9. The highest BCUT2D eigenvalue weighted by Gasteiger charge is 2.19. The van der Waals surface area contributed by atoms with Crippen molar-refractivity contribution >= 4 is 17.9 Å². The molecular weight excluding hydrogens is 865 g/mol. The molecule has 0 spiro atoms. The van der Waals surface area contributed by atoms with Crippen LogP contribution in [0.1, 0.15) is 297 Å². The number of hydrogen-bond acceptors (Lipinski definition) is 6. The van der Waals surface area contributed by atoms with E-state index in [0.717, 1.165) is 103 Å². The van der Waals surface area contributed by atoms with Gasteiger partial charge in [-0.2, -0.15) is 0 Å². The molecule has 0 aromatic rings. The monoisotopic (exact) mass is 977 g/mol. The minimum absolute atomic E-state index is 0.0880. The molecule has 0 N–H and O–H groups in total. The minimum Gasteiger partial charge on any atom is -0.462 e. The highest BCUT2D eigenvalue weighted by molar-refractivity contribution is 5.71. The van der Waals surface area contributed by atoms with Crippen LogP contribution in [0.15, 0.2) is 72.9 Å². The normalized spacial score (nSPS) is 12.6. The van der Waals surface area contributed by atoms with Crippen LogP contribution >= 0.6 is 0 Å². The lowest BCUT2D eigenvalue weighted by Gasteiger charge is -2.18. The summed E-state index contributed by atoms with van der Waals surface area (Å²) in [5.41, 5.74) is 0. The predicted molar refractivity (Wildman–Crippen MR) is 302 cm³/mol. The lowest BCUT2D eigenvalue weighted by Crippen LogP contribution is -2.30. The maximum Gasteiger partial charge on any atom is 0.306 e. The SMILES string of the molecule is CC/C=C\C/C=C\C/C=C\C/C=C\C/C=C\CCCCCC(=O)OCC(COC(=O)CCCCCCC/C=C\CCCCCCCCC)OC(=O)CCCCCCCCCCCCCCCCCCC. The molecule has 404 valence electrons. The van der Waals surface area contributed by atoms with Gasteiger partial charge in [0.25, 0.3) is 0 Å². The fourth-order valence-corrected chi connectivity index (χ4v) is 8.47. The second kappa shape index (κ2) is 58.4. The molecule has 0 aliphatic heterocycles. The molecule has 1 atom stereocenters. The highest BCUT2D eigenvalue weighted by atomic mass is 16.6. The molecule has 70 heavy (non-hydrogen) atoms. The molecule has 1 unspecified atom stereocenters. The maximum absolute atomic E-state index is 12.9. The summed E-state index contributed by atoms with van der Waals surface area (Å²) in [5, 5.41) is 0. The van der Waals surface area contributed by atoms with E-state index in [2.05, 4.69) is 93.7 Å². The van der Waals surface area contributed by atoms with Crippen LogP contribution in [0.2, 0.25) is 0 Å². The number of carbonyl (C=O) groups is 3. The van der Waals surface area contributed by atoms with Gasteiger partial charge in [0.2, 0.25) is 0 Å². The van der Waals surface area contributed by atoms with Gasteiger partial charge in [-0.3, -0.25) is 14.4 Å². The van der Waals surface area contributed by atoms with E-state index in [1.54, 1.807) is 0 Å². The molecule has 0 radical (unpaired) electrons. The summed E-state index contributed by atoms with van der Waals surface area (Å²) in [6, 6.07) is 0. The summed E-state index contributed by atoms with van der Waals surface area (Å²) in [6.07, 6.45) is 74.6. The third-order valence-electron chi connectivity index (χ3n) is 12.9. The van der Waals surface area contributed by atoms with Crippen molar-refractivity contribution in [3.05, 3.63) is 72.9 Å². The standard InChI is InChI=1S/C64H112O6/c1-4-7-10-13-16-19-22-25-28-31-32-34-36-39-42-45-48-51-54-57-63(66)69-60-61(59-68-62(65)56-53-50-47-44-41-38-35-30-27-24-21-18-15-12-9-6-3)70-64(67)58-55-52-49-46-43-40-37-33-29-26-23-20-17-14-11-8-5-2/h7,10,16,19,25,28,30,32,34-35,39,42,61H,4-6,8-9,11-15,17-18,20-24,26-27,29,31,33,36-38,40-41,43-60H2,1-3H3/b10-7-,19-16-,28-25-,34-32-,35-30-,42-39-. The van der Waals surface area contributed by atoms with Crippen molar-refractivity contribution in [2.24, 2.45) is 0 Å². The van der Waals surface area contributed by atoms with E-state index in [9.17, 15) is 14.4 Å². The van der Waals surface area contributed by atoms with Crippen LogP contribution in [0.4, 0.5) is 0 Å². The molecular formula is C64H112O6. The number of allylic oxidation sites excluding steroid dienone is 12. The third-order valence-corrected chi connectivity index (χ3v) is 12.9. The van der Waals surface area contributed by atoms with Gasteiger partial charge < -0.3 is 14.2 Å². The average Bonchev–Trinajstić information content (AvgIpc) is 3.36. The molecule has 6 heteroatoms. The summed E-state index contributed by atoms with van der Waals surface area (Å²) in [4.78, 5) is 38.2. The van der Waals surface area contributed by atoms with E-state index in [1.165, 1.54) is 154 Å². The Hall–Kier alpha value is -3.15. The van der Waals surface area contributed by atoms with Crippen molar-refractivity contribution in [1.82, 2.24) is 0 Å². The van der Waals surface area contributed by atoms with Gasteiger partial charge in [-0.25, -0.2) is 0 Å². The van der Waals surface area contributed by atoms with Gasteiger partial charge in [-0.15, -0.1) is 0 Å². The van der Waals surface area contributed by atoms with Gasteiger partial charge in [-0.1, -0.05) is 261 Å². The smallest absolute Gasteiger partial charge is 0.306 e. The van der Waals surface area contributed by atoms with Crippen molar-refractivity contribution in [3.8, 4) is 0 Å². The Bertz CT molecular complexity index is 1310. The number of rotatable bonds is 54. The quantitative estimate of drug-likeness (QED) is 0.0261. The van der Waals surface area contributed by atoms with E-state index in [0.29, 0.717) is 19.3 Å². The summed E-state index contributed by atoms with van der Waals surface area (Å²) in [6.45, 7) is 6.52. The number of carbonyl (C=O) groups excluding carboxylic acids is 3. The van der Waals surface area contributed by atoms with Gasteiger partial charge in [0, 0.05) is 19.3 Å². The van der Waals surface area contributed by atoms with E-state index in [4.69, 9.17) is 14.2 Å². The lowest BCUT2D eigenvalue weighted by atomic mass is 10.0. The van der Waals surface area contributed by atoms with Gasteiger partial charge >= 0.3 is 17.9 Å². The molecule has 0 saturated heterocycles. The number of ether oxygens (including phenoxy) is 3. The fourth-order valence-electron chi connectivity index (χ4n) is 8.47. The maximum atomic E-state index is 12.9. The molecule has 0 saturated carbocycles. The van der Waals surface area contributed by atoms with Gasteiger partial charge in [0.1, 0.15) is 13.2 Å². The zero-order chi connectivity index (χ0) is 50.7. The minimum atomic E-state index is -0.791. The predicted octanol–water partition coefficient (Wildman–Crippen LogP) is 20.2. The van der Waals surface area contributed by atoms with Crippen molar-refractivity contribution in [1.29, 1.82) is 0 Å². The summed E-state index contributed by atoms with van der Waals surface area (Å²) >= 11 is 0. The molecule has 0 aromatic carbocycles. The molecule has 0 heterocycles. The first kappa shape index (κ1) is 66.9. The Morgan fingerprint density at radius 2 is 0.557 bits per heavy atom. The molecule has 0 amide bonds. The molecule has 0 aliphatic carbocycles. The second-order valence-corrected chi connectivity index (χ2v) is 19.9. The number of unbranched alkanes of at least 4 members (excludes halogenated alkanes) is 31. The van der Waals surface area contributed by atoms with Crippen LogP contribution in [-0.4, -0.2) is 37.2 Å². The topological polar surface area (TPSA) is 78.9 Å². The Kier molecular flexibility index (Phi) is 55.8. The largest absolute Gasteiger partial charge is 0.462 e. The number of esters is 3. The first-order valence-corrected chi connectivity index (χ1v) is 29.9. The first-order chi connectivity index (χ1) is 34.5. The Labute approximate surface area is 433 Å². The molecule has 0 rings (SSSR count). The highest BCUT2D eigenvalue weighted by Crippen LogP contribution is 2.16. The van der Waals surface area contributed by atoms with Crippen LogP contribution in [0.5, 0.6) is 0 Å². The fraction of sp³-hybridized carbons (Fsp3) is 0.766.